The summed E-state index contributed by atoms with van der Waals surface area (Å²) in [6.45, 7) is 0.0728. The normalized spacial score (nSPS) is 11.6. The molecular formula is C13H19N3O4. The van der Waals surface area contributed by atoms with Gasteiger partial charge in [0.05, 0.1) is 11.4 Å². The van der Waals surface area contributed by atoms with Crippen LogP contribution in [0, 0.1) is 0 Å². The summed E-state index contributed by atoms with van der Waals surface area (Å²) in [7, 11) is 3.73. The Hall–Kier alpha value is -2.28. The number of rotatable bonds is 6. The van der Waals surface area contributed by atoms with Gasteiger partial charge >= 0.3 is 12.0 Å². The minimum absolute atomic E-state index is 0.0436. The van der Waals surface area contributed by atoms with E-state index in [1.165, 1.54) is 0 Å². The van der Waals surface area contributed by atoms with Crippen LogP contribution in [0.4, 0.5) is 16.2 Å². The number of carboxylic acid groups (broad SMARTS) is 1. The van der Waals surface area contributed by atoms with Gasteiger partial charge in [-0.3, -0.25) is 0 Å². The van der Waals surface area contributed by atoms with Gasteiger partial charge in [0.2, 0.25) is 0 Å². The average molecular weight is 281 g/mol. The zero-order valence-electron chi connectivity index (χ0n) is 11.5. The van der Waals surface area contributed by atoms with Gasteiger partial charge in [-0.2, -0.15) is 0 Å². The first-order valence-corrected chi connectivity index (χ1v) is 6.14. The van der Waals surface area contributed by atoms with Crippen LogP contribution in [-0.4, -0.2) is 49.0 Å². The second-order valence-electron chi connectivity index (χ2n) is 4.44. The number of benzene rings is 1. The van der Waals surface area contributed by atoms with Crippen LogP contribution in [-0.2, 0) is 4.79 Å². The highest BCUT2D eigenvalue weighted by Gasteiger charge is 2.13. The Morgan fingerprint density at radius 2 is 1.95 bits per heavy atom. The van der Waals surface area contributed by atoms with Crippen molar-refractivity contribution in [2.24, 2.45) is 0 Å². The van der Waals surface area contributed by atoms with Crippen LogP contribution < -0.4 is 15.5 Å². The van der Waals surface area contributed by atoms with Gasteiger partial charge in [-0.15, -0.1) is 0 Å². The number of aliphatic hydroxyl groups is 1. The van der Waals surface area contributed by atoms with E-state index in [1.54, 1.807) is 12.1 Å². The Morgan fingerprint density at radius 3 is 2.55 bits per heavy atom. The van der Waals surface area contributed by atoms with Crippen molar-refractivity contribution in [2.75, 3.05) is 30.9 Å². The first kappa shape index (κ1) is 15.8. The van der Waals surface area contributed by atoms with Gasteiger partial charge in [-0.25, -0.2) is 9.59 Å². The highest BCUT2D eigenvalue weighted by atomic mass is 16.4. The number of amides is 2. The first-order chi connectivity index (χ1) is 9.41. The number of carboxylic acids is 1. The number of carbonyl (C=O) groups is 2. The predicted octanol–water partition coefficient (Wildman–Crippen LogP) is 0.710. The van der Waals surface area contributed by atoms with Crippen molar-refractivity contribution >= 4 is 23.4 Å². The molecule has 0 saturated heterocycles. The molecule has 0 fully saturated rings. The summed E-state index contributed by atoms with van der Waals surface area (Å²) < 4.78 is 0. The van der Waals surface area contributed by atoms with Crippen molar-refractivity contribution in [3.63, 3.8) is 0 Å². The van der Waals surface area contributed by atoms with Crippen LogP contribution in [0.3, 0.4) is 0 Å². The topological polar surface area (TPSA) is 102 Å². The van der Waals surface area contributed by atoms with Crippen molar-refractivity contribution in [2.45, 2.75) is 12.5 Å². The van der Waals surface area contributed by atoms with E-state index >= 15 is 0 Å². The minimum atomic E-state index is -1.47. The first-order valence-electron chi connectivity index (χ1n) is 6.14. The van der Waals surface area contributed by atoms with Crippen molar-refractivity contribution in [1.82, 2.24) is 5.32 Å². The molecule has 7 nitrogen and oxygen atoms in total. The van der Waals surface area contributed by atoms with Gasteiger partial charge in [0.1, 0.15) is 0 Å². The van der Waals surface area contributed by atoms with Crippen LogP contribution >= 0.6 is 0 Å². The summed E-state index contributed by atoms with van der Waals surface area (Å²) in [6, 6.07) is 6.85. The molecule has 0 aliphatic carbocycles. The van der Waals surface area contributed by atoms with E-state index in [4.69, 9.17) is 10.2 Å². The molecular weight excluding hydrogens is 262 g/mol. The number of hydrogen-bond acceptors (Lipinski definition) is 4. The molecule has 2 amide bonds. The van der Waals surface area contributed by atoms with Crippen molar-refractivity contribution < 1.29 is 19.8 Å². The SMILES string of the molecule is CN(C)c1ccccc1NC(=O)NCCC(O)C(=O)O. The number of aliphatic hydroxyl groups excluding tert-OH is 1. The second kappa shape index (κ2) is 7.34. The molecule has 1 rings (SSSR count). The Morgan fingerprint density at radius 1 is 1.30 bits per heavy atom. The minimum Gasteiger partial charge on any atom is -0.479 e. The van der Waals surface area contributed by atoms with E-state index in [0.29, 0.717) is 5.69 Å². The number of hydrogen-bond donors (Lipinski definition) is 4. The lowest BCUT2D eigenvalue weighted by Gasteiger charge is -2.18. The fourth-order valence-corrected chi connectivity index (χ4v) is 1.58. The highest BCUT2D eigenvalue weighted by Crippen LogP contribution is 2.23. The van der Waals surface area contributed by atoms with E-state index in [-0.39, 0.29) is 13.0 Å². The molecule has 0 radical (unpaired) electrons. The van der Waals surface area contributed by atoms with Crippen LogP contribution in [0.2, 0.25) is 0 Å². The van der Waals surface area contributed by atoms with Gasteiger partial charge in [0, 0.05) is 27.1 Å². The third-order valence-corrected chi connectivity index (χ3v) is 2.62. The van der Waals surface area contributed by atoms with E-state index in [2.05, 4.69) is 10.6 Å². The van der Waals surface area contributed by atoms with Gasteiger partial charge in [0.15, 0.2) is 6.10 Å². The van der Waals surface area contributed by atoms with Gasteiger partial charge in [-0.1, -0.05) is 12.1 Å². The summed E-state index contributed by atoms with van der Waals surface area (Å²) in [6.07, 6.45) is -1.51. The Labute approximate surface area is 117 Å². The maximum Gasteiger partial charge on any atom is 0.332 e. The third-order valence-electron chi connectivity index (χ3n) is 2.62. The lowest BCUT2D eigenvalue weighted by molar-refractivity contribution is -0.146. The van der Waals surface area contributed by atoms with Gasteiger partial charge in [-0.05, 0) is 12.1 Å². The molecule has 0 aromatic heterocycles. The number of urea groups is 1. The third kappa shape index (κ3) is 4.77. The number of nitrogens with zero attached hydrogens (tertiary/aromatic N) is 1. The standard InChI is InChI=1S/C13H19N3O4/c1-16(2)10-6-4-3-5-9(10)15-13(20)14-8-7-11(17)12(18)19/h3-6,11,17H,7-8H2,1-2H3,(H,18,19)(H2,14,15,20). The lowest BCUT2D eigenvalue weighted by Crippen LogP contribution is -2.33. The summed E-state index contributed by atoms with van der Waals surface area (Å²) in [5.41, 5.74) is 1.50. The number of aliphatic carboxylic acids is 1. The van der Waals surface area contributed by atoms with Crippen molar-refractivity contribution in [1.29, 1.82) is 0 Å². The summed E-state index contributed by atoms with van der Waals surface area (Å²) in [5, 5.41) is 22.7. The van der Waals surface area contributed by atoms with E-state index < -0.39 is 18.1 Å². The molecule has 0 aliphatic heterocycles. The van der Waals surface area contributed by atoms with Gasteiger partial charge < -0.3 is 25.7 Å². The average Bonchev–Trinajstić information content (AvgIpc) is 2.38. The van der Waals surface area contributed by atoms with E-state index in [9.17, 15) is 9.59 Å². The molecule has 0 aliphatic rings. The largest absolute Gasteiger partial charge is 0.479 e. The smallest absolute Gasteiger partial charge is 0.332 e. The molecule has 0 bridgehead atoms. The molecule has 4 N–H and O–H groups in total. The fraction of sp³-hybridized carbons (Fsp3) is 0.385. The molecule has 7 heteroatoms. The van der Waals surface area contributed by atoms with Crippen molar-refractivity contribution in [3.8, 4) is 0 Å². The molecule has 0 heterocycles. The second-order valence-corrected chi connectivity index (χ2v) is 4.44. The fourth-order valence-electron chi connectivity index (χ4n) is 1.58. The molecule has 1 aromatic carbocycles. The zero-order chi connectivity index (χ0) is 15.1. The van der Waals surface area contributed by atoms with Crippen LogP contribution in [0.15, 0.2) is 24.3 Å². The summed E-state index contributed by atoms with van der Waals surface area (Å²) in [5.74, 6) is -1.30. The zero-order valence-corrected chi connectivity index (χ0v) is 11.5. The number of anilines is 2. The lowest BCUT2D eigenvalue weighted by atomic mass is 10.2. The van der Waals surface area contributed by atoms with E-state index in [0.717, 1.165) is 5.69 Å². The quantitative estimate of drug-likeness (QED) is 0.615. The number of nitrogens with one attached hydrogen (secondary N) is 2. The maximum absolute atomic E-state index is 11.7. The van der Waals surface area contributed by atoms with Crippen LogP contribution in [0.1, 0.15) is 6.42 Å². The number of para-hydroxylation sites is 2. The molecule has 110 valence electrons. The molecule has 0 spiro atoms. The summed E-state index contributed by atoms with van der Waals surface area (Å²) in [4.78, 5) is 23.9. The monoisotopic (exact) mass is 281 g/mol. The Balaban J connectivity index is 2.49. The predicted molar refractivity (Wildman–Crippen MR) is 76.1 cm³/mol. The molecule has 20 heavy (non-hydrogen) atoms. The Bertz CT molecular complexity index is 476. The summed E-state index contributed by atoms with van der Waals surface area (Å²) >= 11 is 0. The molecule has 1 atom stereocenters. The molecule has 0 saturated carbocycles. The van der Waals surface area contributed by atoms with Crippen LogP contribution in [0.5, 0.6) is 0 Å². The Kier molecular flexibility index (Phi) is 5.79. The van der Waals surface area contributed by atoms with Gasteiger partial charge in [0.25, 0.3) is 0 Å². The molecule has 1 unspecified atom stereocenters. The number of carbonyl (C=O) groups excluding carboxylic acids is 1. The van der Waals surface area contributed by atoms with Crippen molar-refractivity contribution in [3.05, 3.63) is 24.3 Å². The van der Waals surface area contributed by atoms with Crippen LogP contribution in [0.25, 0.3) is 0 Å². The highest BCUT2D eigenvalue weighted by molar-refractivity contribution is 5.93. The van der Waals surface area contributed by atoms with E-state index in [1.807, 2.05) is 31.1 Å². The maximum atomic E-state index is 11.7. The molecule has 1 aromatic rings.